The fraction of sp³-hybridized carbons (Fsp3) is 0.333. The van der Waals surface area contributed by atoms with Crippen molar-refractivity contribution in [1.29, 1.82) is 0 Å². The number of carbonyl (C=O) groups is 2. The highest BCUT2D eigenvalue weighted by atomic mass is 16.5. The summed E-state index contributed by atoms with van der Waals surface area (Å²) in [5.74, 6) is -0.159. The maximum atomic E-state index is 12.8. The second kappa shape index (κ2) is 9.66. The second-order valence-corrected chi connectivity index (χ2v) is 7.72. The number of aliphatic hydroxyl groups is 2. The molecule has 7 heteroatoms. The van der Waals surface area contributed by atoms with E-state index in [0.29, 0.717) is 35.2 Å². The molecule has 1 atom stereocenters. The minimum Gasteiger partial charge on any atom is -0.507 e. The molecule has 0 aliphatic carbocycles. The van der Waals surface area contributed by atoms with Crippen LogP contribution in [0.1, 0.15) is 31.0 Å². The van der Waals surface area contributed by atoms with Crippen LogP contribution in [0.3, 0.4) is 0 Å². The molecule has 1 saturated heterocycles. The molecule has 0 aromatic heterocycles. The summed E-state index contributed by atoms with van der Waals surface area (Å²) in [6.07, 6.45) is 0. The molecule has 1 fully saturated rings. The fourth-order valence-corrected chi connectivity index (χ4v) is 3.48. The molecule has 3 rings (SSSR count). The SMILES string of the molecule is COc1ccc(C2C(=C(O)c3ccc(OCC(C)C)cc3)C(=O)C(=O)N2CCO)cc1. The van der Waals surface area contributed by atoms with Gasteiger partial charge in [0.1, 0.15) is 17.3 Å². The molecule has 2 aromatic rings. The van der Waals surface area contributed by atoms with E-state index in [1.165, 1.54) is 4.90 Å². The first-order chi connectivity index (χ1) is 14.9. The number of ether oxygens (including phenoxy) is 2. The normalized spacial score (nSPS) is 18.0. The van der Waals surface area contributed by atoms with E-state index in [-0.39, 0.29) is 24.5 Å². The molecule has 7 nitrogen and oxygen atoms in total. The lowest BCUT2D eigenvalue weighted by Crippen LogP contribution is -2.32. The number of nitrogens with zero attached hydrogens (tertiary/aromatic N) is 1. The number of amides is 1. The lowest BCUT2D eigenvalue weighted by molar-refractivity contribution is -0.140. The third-order valence-corrected chi connectivity index (χ3v) is 5.02. The Hall–Kier alpha value is -3.32. The molecular weight excluding hydrogens is 398 g/mol. The Morgan fingerprint density at radius 3 is 2.19 bits per heavy atom. The van der Waals surface area contributed by atoms with E-state index in [2.05, 4.69) is 0 Å². The summed E-state index contributed by atoms with van der Waals surface area (Å²) in [6.45, 7) is 4.33. The van der Waals surface area contributed by atoms with Crippen molar-refractivity contribution in [2.24, 2.45) is 5.92 Å². The van der Waals surface area contributed by atoms with Crippen LogP contribution in [0, 0.1) is 5.92 Å². The molecule has 1 aliphatic rings. The van der Waals surface area contributed by atoms with Crippen LogP contribution in [0.25, 0.3) is 5.76 Å². The molecule has 0 radical (unpaired) electrons. The van der Waals surface area contributed by atoms with Crippen LogP contribution in [-0.4, -0.2) is 53.7 Å². The minimum atomic E-state index is -0.810. The summed E-state index contributed by atoms with van der Waals surface area (Å²) in [7, 11) is 1.54. The van der Waals surface area contributed by atoms with E-state index in [1.807, 2.05) is 13.8 Å². The molecule has 2 N–H and O–H groups in total. The molecular formula is C24H27NO6. The Bertz CT molecular complexity index is 963. The fourth-order valence-electron chi connectivity index (χ4n) is 3.48. The summed E-state index contributed by atoms with van der Waals surface area (Å²) >= 11 is 0. The molecule has 31 heavy (non-hydrogen) atoms. The Kier molecular flexibility index (Phi) is 6.97. The van der Waals surface area contributed by atoms with Crippen LogP contribution >= 0.6 is 0 Å². The Morgan fingerprint density at radius 2 is 1.65 bits per heavy atom. The van der Waals surface area contributed by atoms with Crippen molar-refractivity contribution in [2.45, 2.75) is 19.9 Å². The van der Waals surface area contributed by atoms with Crippen molar-refractivity contribution in [1.82, 2.24) is 4.90 Å². The van der Waals surface area contributed by atoms with E-state index in [0.717, 1.165) is 0 Å². The monoisotopic (exact) mass is 425 g/mol. The van der Waals surface area contributed by atoms with Crippen LogP contribution in [0.4, 0.5) is 0 Å². The van der Waals surface area contributed by atoms with Gasteiger partial charge in [-0.2, -0.15) is 0 Å². The molecule has 1 unspecified atom stereocenters. The number of likely N-dealkylation sites (tertiary alicyclic amines) is 1. The van der Waals surface area contributed by atoms with Crippen molar-refractivity contribution in [3.8, 4) is 11.5 Å². The van der Waals surface area contributed by atoms with Crippen molar-refractivity contribution >= 4 is 17.4 Å². The third-order valence-electron chi connectivity index (χ3n) is 5.02. The van der Waals surface area contributed by atoms with Crippen molar-refractivity contribution in [3.05, 3.63) is 65.2 Å². The lowest BCUT2D eigenvalue weighted by Gasteiger charge is -2.24. The number of methoxy groups -OCH3 is 1. The Balaban J connectivity index is 2.02. The van der Waals surface area contributed by atoms with Gasteiger partial charge in [-0.05, 0) is 47.9 Å². The topological polar surface area (TPSA) is 96.3 Å². The van der Waals surface area contributed by atoms with Gasteiger partial charge in [0.2, 0.25) is 0 Å². The van der Waals surface area contributed by atoms with Gasteiger partial charge < -0.3 is 24.6 Å². The smallest absolute Gasteiger partial charge is 0.295 e. The quantitative estimate of drug-likeness (QED) is 0.383. The maximum absolute atomic E-state index is 12.8. The summed E-state index contributed by atoms with van der Waals surface area (Å²) in [5, 5.41) is 20.4. The largest absolute Gasteiger partial charge is 0.507 e. The van der Waals surface area contributed by atoms with Gasteiger partial charge in [0.05, 0.1) is 31.9 Å². The summed E-state index contributed by atoms with van der Waals surface area (Å²) in [5.41, 5.74) is 1.02. The van der Waals surface area contributed by atoms with Crippen LogP contribution < -0.4 is 9.47 Å². The average molecular weight is 425 g/mol. The predicted octanol–water partition coefficient (Wildman–Crippen LogP) is 3.14. The number of rotatable bonds is 8. The summed E-state index contributed by atoms with van der Waals surface area (Å²) in [4.78, 5) is 26.7. The predicted molar refractivity (Wildman–Crippen MR) is 116 cm³/mol. The first-order valence-corrected chi connectivity index (χ1v) is 10.1. The number of Topliss-reactive ketones (excluding diaryl/α,β-unsaturated/α-hetero) is 1. The average Bonchev–Trinajstić information content (AvgIpc) is 3.03. The van der Waals surface area contributed by atoms with Crippen LogP contribution in [-0.2, 0) is 9.59 Å². The van der Waals surface area contributed by atoms with Crippen molar-refractivity contribution in [2.75, 3.05) is 26.9 Å². The number of ketones is 1. The van der Waals surface area contributed by atoms with Gasteiger partial charge in [-0.25, -0.2) is 0 Å². The first kappa shape index (κ1) is 22.4. The Morgan fingerprint density at radius 1 is 1.03 bits per heavy atom. The van der Waals surface area contributed by atoms with Gasteiger partial charge in [0.25, 0.3) is 11.7 Å². The second-order valence-electron chi connectivity index (χ2n) is 7.72. The van der Waals surface area contributed by atoms with Gasteiger partial charge in [-0.15, -0.1) is 0 Å². The molecule has 0 spiro atoms. The summed E-state index contributed by atoms with van der Waals surface area (Å²) < 4.78 is 10.8. The van der Waals surface area contributed by atoms with Gasteiger partial charge >= 0.3 is 0 Å². The number of aliphatic hydroxyl groups excluding tert-OH is 2. The standard InChI is InChI=1S/C24H27NO6/c1-15(2)14-31-19-10-6-17(7-11-19)22(27)20-21(16-4-8-18(30-3)9-5-16)25(12-13-26)24(29)23(20)28/h4-11,15,21,26-27H,12-14H2,1-3H3. The highest BCUT2D eigenvalue weighted by molar-refractivity contribution is 6.46. The molecule has 1 heterocycles. The highest BCUT2D eigenvalue weighted by Crippen LogP contribution is 2.39. The Labute approximate surface area is 181 Å². The maximum Gasteiger partial charge on any atom is 0.295 e. The van der Waals surface area contributed by atoms with Crippen molar-refractivity contribution < 1.29 is 29.3 Å². The molecule has 2 aromatic carbocycles. The van der Waals surface area contributed by atoms with E-state index < -0.39 is 17.7 Å². The molecule has 164 valence electrons. The number of hydrogen-bond acceptors (Lipinski definition) is 6. The van der Waals surface area contributed by atoms with Crippen LogP contribution in [0.15, 0.2) is 54.1 Å². The molecule has 1 aliphatic heterocycles. The number of benzene rings is 2. The van der Waals surface area contributed by atoms with E-state index in [1.54, 1.807) is 55.6 Å². The number of hydrogen-bond donors (Lipinski definition) is 2. The molecule has 0 bridgehead atoms. The third kappa shape index (κ3) is 4.72. The zero-order valence-electron chi connectivity index (χ0n) is 17.9. The lowest BCUT2D eigenvalue weighted by atomic mass is 9.95. The van der Waals surface area contributed by atoms with Crippen LogP contribution in [0.2, 0.25) is 0 Å². The highest BCUT2D eigenvalue weighted by Gasteiger charge is 2.45. The van der Waals surface area contributed by atoms with E-state index in [4.69, 9.17) is 9.47 Å². The van der Waals surface area contributed by atoms with Gasteiger partial charge in [0.15, 0.2) is 0 Å². The summed E-state index contributed by atoms with van der Waals surface area (Å²) in [6, 6.07) is 12.8. The van der Waals surface area contributed by atoms with E-state index in [9.17, 15) is 19.8 Å². The molecule has 0 saturated carbocycles. The first-order valence-electron chi connectivity index (χ1n) is 10.1. The van der Waals surface area contributed by atoms with Gasteiger partial charge in [-0.3, -0.25) is 9.59 Å². The molecule has 1 amide bonds. The zero-order valence-corrected chi connectivity index (χ0v) is 17.9. The van der Waals surface area contributed by atoms with Gasteiger partial charge in [-0.1, -0.05) is 26.0 Å². The number of β-amino-alcohol motifs (C(OH)–C–C–N with tert-alkyl or cyclic N) is 1. The zero-order chi connectivity index (χ0) is 22.5. The van der Waals surface area contributed by atoms with Crippen LogP contribution in [0.5, 0.6) is 11.5 Å². The number of carbonyl (C=O) groups excluding carboxylic acids is 2. The van der Waals surface area contributed by atoms with Gasteiger partial charge in [0, 0.05) is 12.1 Å². The van der Waals surface area contributed by atoms with E-state index >= 15 is 0 Å². The van der Waals surface area contributed by atoms with Crippen molar-refractivity contribution in [3.63, 3.8) is 0 Å². The minimum absolute atomic E-state index is 0.0144.